The van der Waals surface area contributed by atoms with E-state index in [9.17, 15) is 4.79 Å². The van der Waals surface area contributed by atoms with Gasteiger partial charge in [-0.2, -0.15) is 0 Å². The molecule has 1 N–H and O–H groups in total. The van der Waals surface area contributed by atoms with E-state index in [0.717, 1.165) is 35.0 Å². The molecule has 6 heteroatoms. The SMILES string of the molecule is CN(C)C1CCN(c2ccc3nc(-n4c(=O)ccc5ccccc54)[nH]c3c2)C1. The molecular weight excluding hydrogens is 350 g/mol. The first-order valence-electron chi connectivity index (χ1n) is 9.62. The number of nitrogens with one attached hydrogen (secondary N) is 1. The Hall–Kier alpha value is -3.12. The smallest absolute Gasteiger partial charge is 0.257 e. The van der Waals surface area contributed by atoms with Crippen LogP contribution in [-0.2, 0) is 0 Å². The van der Waals surface area contributed by atoms with E-state index in [1.54, 1.807) is 10.6 Å². The van der Waals surface area contributed by atoms with Crippen LogP contribution in [0.25, 0.3) is 27.9 Å². The third kappa shape index (κ3) is 2.77. The number of aromatic nitrogens is 3. The molecule has 2 aromatic carbocycles. The maximum absolute atomic E-state index is 12.6. The van der Waals surface area contributed by atoms with Gasteiger partial charge < -0.3 is 14.8 Å². The highest BCUT2D eigenvalue weighted by atomic mass is 16.1. The molecule has 1 aliphatic heterocycles. The molecule has 1 fully saturated rings. The van der Waals surface area contributed by atoms with E-state index >= 15 is 0 Å². The average molecular weight is 373 g/mol. The highest BCUT2D eigenvalue weighted by Crippen LogP contribution is 2.26. The van der Waals surface area contributed by atoms with Gasteiger partial charge in [0.2, 0.25) is 5.95 Å². The van der Waals surface area contributed by atoms with E-state index in [4.69, 9.17) is 0 Å². The van der Waals surface area contributed by atoms with Crippen LogP contribution in [0.15, 0.2) is 59.4 Å². The van der Waals surface area contributed by atoms with Crippen molar-refractivity contribution in [3.63, 3.8) is 0 Å². The summed E-state index contributed by atoms with van der Waals surface area (Å²) in [6, 6.07) is 18.2. The van der Waals surface area contributed by atoms with Crippen molar-refractivity contribution in [2.24, 2.45) is 0 Å². The van der Waals surface area contributed by atoms with Crippen molar-refractivity contribution < 1.29 is 0 Å². The number of pyridine rings is 1. The summed E-state index contributed by atoms with van der Waals surface area (Å²) in [6.07, 6.45) is 1.17. The Morgan fingerprint density at radius 2 is 1.96 bits per heavy atom. The fourth-order valence-electron chi connectivity index (χ4n) is 4.09. The predicted molar refractivity (Wildman–Crippen MR) is 114 cm³/mol. The summed E-state index contributed by atoms with van der Waals surface area (Å²) in [5.41, 5.74) is 3.76. The summed E-state index contributed by atoms with van der Waals surface area (Å²) in [5.74, 6) is 0.557. The van der Waals surface area contributed by atoms with Crippen LogP contribution in [0.3, 0.4) is 0 Å². The van der Waals surface area contributed by atoms with Gasteiger partial charge in [-0.3, -0.25) is 4.79 Å². The number of anilines is 1. The zero-order valence-corrected chi connectivity index (χ0v) is 16.1. The molecule has 3 heterocycles. The third-order valence-corrected chi connectivity index (χ3v) is 5.73. The predicted octanol–water partition coefficient (Wildman–Crippen LogP) is 3.01. The lowest BCUT2D eigenvalue weighted by Crippen LogP contribution is -2.31. The first-order valence-corrected chi connectivity index (χ1v) is 9.62. The van der Waals surface area contributed by atoms with Crippen LogP contribution in [0, 0.1) is 0 Å². The molecule has 0 aliphatic carbocycles. The van der Waals surface area contributed by atoms with Gasteiger partial charge in [0, 0.05) is 30.9 Å². The van der Waals surface area contributed by atoms with Crippen LogP contribution in [0.4, 0.5) is 5.69 Å². The van der Waals surface area contributed by atoms with Gasteiger partial charge in [-0.05, 0) is 56.2 Å². The molecule has 0 saturated carbocycles. The second kappa shape index (κ2) is 6.49. The molecular formula is C22H23N5O. The van der Waals surface area contributed by atoms with Crippen LogP contribution in [0.1, 0.15) is 6.42 Å². The summed E-state index contributed by atoms with van der Waals surface area (Å²) < 4.78 is 1.65. The monoisotopic (exact) mass is 373 g/mol. The van der Waals surface area contributed by atoms with Gasteiger partial charge in [-0.1, -0.05) is 18.2 Å². The normalized spacial score (nSPS) is 17.2. The minimum absolute atomic E-state index is 0.0913. The molecule has 0 amide bonds. The van der Waals surface area contributed by atoms with Gasteiger partial charge in [0.1, 0.15) is 0 Å². The Kier molecular flexibility index (Phi) is 3.94. The maximum atomic E-state index is 12.6. The number of rotatable bonds is 3. The highest BCUT2D eigenvalue weighted by Gasteiger charge is 2.24. The Morgan fingerprint density at radius 3 is 2.79 bits per heavy atom. The van der Waals surface area contributed by atoms with Crippen molar-refractivity contribution >= 4 is 27.6 Å². The molecule has 4 aromatic rings. The van der Waals surface area contributed by atoms with Crippen LogP contribution in [-0.4, -0.2) is 52.7 Å². The van der Waals surface area contributed by atoms with Crippen LogP contribution in [0.2, 0.25) is 0 Å². The lowest BCUT2D eigenvalue weighted by molar-refractivity contribution is 0.315. The second-order valence-electron chi connectivity index (χ2n) is 7.68. The zero-order valence-electron chi connectivity index (χ0n) is 16.1. The number of imidazole rings is 1. The van der Waals surface area contributed by atoms with Gasteiger partial charge in [-0.15, -0.1) is 0 Å². The average Bonchev–Trinajstić information content (AvgIpc) is 3.34. The topological polar surface area (TPSA) is 57.2 Å². The molecule has 1 unspecified atom stereocenters. The lowest BCUT2D eigenvalue weighted by atomic mass is 10.2. The number of hydrogen-bond acceptors (Lipinski definition) is 4. The van der Waals surface area contributed by atoms with Crippen molar-refractivity contribution in [3.8, 4) is 5.95 Å². The molecule has 5 rings (SSSR count). The molecule has 0 spiro atoms. The standard InChI is InChI=1S/C22H23N5O/c1-25(2)17-11-12-26(14-17)16-8-9-18-19(13-16)24-22(23-18)27-20-6-4-3-5-15(20)7-10-21(27)28/h3-10,13,17H,11-12,14H2,1-2H3,(H,23,24). The quantitative estimate of drug-likeness (QED) is 0.600. The molecule has 142 valence electrons. The van der Waals surface area contributed by atoms with E-state index in [2.05, 4.69) is 46.0 Å². The molecule has 0 radical (unpaired) electrons. The summed E-state index contributed by atoms with van der Waals surface area (Å²) >= 11 is 0. The first-order chi connectivity index (χ1) is 13.6. The zero-order chi connectivity index (χ0) is 19.3. The minimum Gasteiger partial charge on any atom is -0.370 e. The molecule has 2 aromatic heterocycles. The third-order valence-electron chi connectivity index (χ3n) is 5.73. The van der Waals surface area contributed by atoms with Crippen LogP contribution in [0.5, 0.6) is 0 Å². The number of H-pyrrole nitrogens is 1. The van der Waals surface area contributed by atoms with Crippen molar-refractivity contribution in [1.82, 2.24) is 19.4 Å². The summed E-state index contributed by atoms with van der Waals surface area (Å²) in [4.78, 5) is 25.3. The maximum Gasteiger partial charge on any atom is 0.257 e. The van der Waals surface area contributed by atoms with E-state index in [1.165, 1.54) is 12.1 Å². The fourth-order valence-corrected chi connectivity index (χ4v) is 4.09. The van der Waals surface area contributed by atoms with E-state index < -0.39 is 0 Å². The summed E-state index contributed by atoms with van der Waals surface area (Å²) in [7, 11) is 4.28. The van der Waals surface area contributed by atoms with Gasteiger partial charge in [-0.25, -0.2) is 9.55 Å². The molecule has 0 bridgehead atoms. The van der Waals surface area contributed by atoms with Gasteiger partial charge in [0.15, 0.2) is 0 Å². The summed E-state index contributed by atoms with van der Waals surface area (Å²) in [5, 5.41) is 1.01. The van der Waals surface area contributed by atoms with Gasteiger partial charge in [0.25, 0.3) is 5.56 Å². The molecule has 6 nitrogen and oxygen atoms in total. The largest absolute Gasteiger partial charge is 0.370 e. The van der Waals surface area contributed by atoms with Crippen molar-refractivity contribution in [2.45, 2.75) is 12.5 Å². The molecule has 1 aliphatic rings. The Labute approximate surface area is 163 Å². The lowest BCUT2D eigenvalue weighted by Gasteiger charge is -2.21. The Morgan fingerprint density at radius 1 is 1.11 bits per heavy atom. The molecule has 28 heavy (non-hydrogen) atoms. The van der Waals surface area contributed by atoms with E-state index in [1.807, 2.05) is 36.4 Å². The number of benzene rings is 2. The van der Waals surface area contributed by atoms with E-state index in [-0.39, 0.29) is 5.56 Å². The number of aromatic amines is 1. The van der Waals surface area contributed by atoms with Gasteiger partial charge in [0.05, 0.1) is 16.6 Å². The minimum atomic E-state index is -0.0913. The number of hydrogen-bond donors (Lipinski definition) is 1. The fraction of sp³-hybridized carbons (Fsp3) is 0.273. The number of nitrogens with zero attached hydrogens (tertiary/aromatic N) is 4. The van der Waals surface area contributed by atoms with E-state index in [0.29, 0.717) is 12.0 Å². The van der Waals surface area contributed by atoms with Gasteiger partial charge >= 0.3 is 0 Å². The van der Waals surface area contributed by atoms with Crippen molar-refractivity contribution in [2.75, 3.05) is 32.1 Å². The van der Waals surface area contributed by atoms with Crippen molar-refractivity contribution in [1.29, 1.82) is 0 Å². The second-order valence-corrected chi connectivity index (χ2v) is 7.68. The number of para-hydroxylation sites is 1. The van der Waals surface area contributed by atoms with Crippen molar-refractivity contribution in [3.05, 3.63) is 65.0 Å². The molecule has 1 atom stereocenters. The van der Waals surface area contributed by atoms with Crippen LogP contribution >= 0.6 is 0 Å². The Bertz CT molecular complexity index is 1220. The first kappa shape index (κ1) is 17.0. The number of likely N-dealkylation sites (N-methyl/N-ethyl adjacent to an activating group) is 1. The molecule has 1 saturated heterocycles. The number of fused-ring (bicyclic) bond motifs is 2. The summed E-state index contributed by atoms with van der Waals surface area (Å²) in [6.45, 7) is 2.08. The highest BCUT2D eigenvalue weighted by molar-refractivity contribution is 5.83. The van der Waals surface area contributed by atoms with Crippen LogP contribution < -0.4 is 10.5 Å². The Balaban J connectivity index is 1.57.